The van der Waals surface area contributed by atoms with Crippen LogP contribution in [-0.2, 0) is 6.54 Å². The fraction of sp³-hybridized carbons (Fsp3) is 0.0476. The molecule has 2 aromatic heterocycles. The second kappa shape index (κ2) is 6.61. The van der Waals surface area contributed by atoms with Crippen LogP contribution in [0.2, 0.25) is 0 Å². The Bertz CT molecular complexity index is 1020. The quantitative estimate of drug-likeness (QED) is 0.591. The molecule has 0 saturated heterocycles. The van der Waals surface area contributed by atoms with Gasteiger partial charge in [0, 0.05) is 23.8 Å². The van der Waals surface area contributed by atoms with Crippen LogP contribution in [0.3, 0.4) is 0 Å². The molecule has 1 amide bonds. The van der Waals surface area contributed by atoms with E-state index >= 15 is 0 Å². The lowest BCUT2D eigenvalue weighted by Gasteiger charge is -2.05. The number of rotatable bonds is 4. The van der Waals surface area contributed by atoms with Gasteiger partial charge >= 0.3 is 0 Å². The number of hydrogen-bond acceptors (Lipinski definition) is 2. The van der Waals surface area contributed by atoms with Crippen LogP contribution in [0, 0.1) is 0 Å². The van der Waals surface area contributed by atoms with Gasteiger partial charge in [0.05, 0.1) is 5.52 Å². The average molecular weight is 327 g/mol. The highest BCUT2D eigenvalue weighted by atomic mass is 16.1. The van der Waals surface area contributed by atoms with Crippen LogP contribution < -0.4 is 5.32 Å². The van der Waals surface area contributed by atoms with Crippen molar-refractivity contribution in [3.8, 4) is 11.3 Å². The zero-order valence-electron chi connectivity index (χ0n) is 13.6. The van der Waals surface area contributed by atoms with Crippen LogP contribution in [-0.4, -0.2) is 15.9 Å². The average Bonchev–Trinajstić information content (AvgIpc) is 3.17. The van der Waals surface area contributed by atoms with E-state index in [0.717, 1.165) is 27.7 Å². The zero-order valence-corrected chi connectivity index (χ0v) is 13.6. The Morgan fingerprint density at radius 1 is 0.960 bits per heavy atom. The highest BCUT2D eigenvalue weighted by molar-refractivity contribution is 5.93. The van der Waals surface area contributed by atoms with Gasteiger partial charge in [-0.15, -0.1) is 0 Å². The van der Waals surface area contributed by atoms with Crippen LogP contribution in [0.4, 0.5) is 0 Å². The largest absolute Gasteiger partial charge is 0.351 e. The number of nitrogens with zero attached hydrogens (tertiary/aromatic N) is 1. The second-order valence-electron chi connectivity index (χ2n) is 5.87. The predicted molar refractivity (Wildman–Crippen MR) is 99.1 cm³/mol. The molecule has 0 aliphatic heterocycles. The van der Waals surface area contributed by atoms with Crippen LogP contribution in [0.5, 0.6) is 0 Å². The molecule has 0 atom stereocenters. The maximum absolute atomic E-state index is 12.4. The molecular formula is C21H17N3O. The van der Waals surface area contributed by atoms with Crippen molar-refractivity contribution >= 4 is 16.8 Å². The number of amides is 1. The van der Waals surface area contributed by atoms with Gasteiger partial charge in [-0.05, 0) is 35.4 Å². The molecule has 0 aliphatic rings. The van der Waals surface area contributed by atoms with Crippen molar-refractivity contribution in [2.45, 2.75) is 6.54 Å². The van der Waals surface area contributed by atoms with E-state index in [1.54, 1.807) is 12.3 Å². The fourth-order valence-corrected chi connectivity index (χ4v) is 2.80. The smallest absolute Gasteiger partial charge is 0.267 e. The van der Waals surface area contributed by atoms with E-state index in [1.807, 2.05) is 66.7 Å². The van der Waals surface area contributed by atoms with Gasteiger partial charge in [-0.3, -0.25) is 9.78 Å². The maximum Gasteiger partial charge on any atom is 0.267 e. The van der Waals surface area contributed by atoms with Gasteiger partial charge in [0.2, 0.25) is 0 Å². The van der Waals surface area contributed by atoms with Crippen LogP contribution >= 0.6 is 0 Å². The predicted octanol–water partition coefficient (Wildman–Crippen LogP) is 4.16. The van der Waals surface area contributed by atoms with E-state index in [2.05, 4.69) is 15.3 Å². The summed E-state index contributed by atoms with van der Waals surface area (Å²) >= 11 is 0. The molecule has 0 saturated carbocycles. The van der Waals surface area contributed by atoms with Gasteiger partial charge in [0.1, 0.15) is 5.69 Å². The number of hydrogen-bond donors (Lipinski definition) is 2. The number of aromatic nitrogens is 2. The third-order valence-electron chi connectivity index (χ3n) is 4.12. The minimum Gasteiger partial charge on any atom is -0.351 e. The first-order valence-electron chi connectivity index (χ1n) is 8.16. The lowest BCUT2D eigenvalue weighted by molar-refractivity contribution is 0.0946. The third-order valence-corrected chi connectivity index (χ3v) is 4.12. The lowest BCUT2D eigenvalue weighted by Crippen LogP contribution is -2.23. The molecule has 0 aliphatic carbocycles. The van der Waals surface area contributed by atoms with E-state index in [9.17, 15) is 4.79 Å². The standard InChI is InChI=1S/C21H17N3O/c25-21(20-11-10-19(24-20)16-6-2-1-3-7-16)23-14-15-12-17-8-4-5-9-18(17)22-13-15/h1-13,24H,14H2,(H,23,25). The summed E-state index contributed by atoms with van der Waals surface area (Å²) in [7, 11) is 0. The highest BCUT2D eigenvalue weighted by Gasteiger charge is 2.09. The number of carbonyl (C=O) groups is 1. The summed E-state index contributed by atoms with van der Waals surface area (Å²) in [5, 5.41) is 4.00. The first-order chi connectivity index (χ1) is 12.3. The Labute approximate surface area is 145 Å². The third kappa shape index (κ3) is 3.28. The fourth-order valence-electron chi connectivity index (χ4n) is 2.80. The number of aromatic amines is 1. The molecule has 0 unspecified atom stereocenters. The van der Waals surface area contributed by atoms with Crippen molar-refractivity contribution in [1.29, 1.82) is 0 Å². The molecule has 4 nitrogen and oxygen atoms in total. The summed E-state index contributed by atoms with van der Waals surface area (Å²) in [6.45, 7) is 0.441. The van der Waals surface area contributed by atoms with Crippen molar-refractivity contribution in [2.75, 3.05) is 0 Å². The van der Waals surface area contributed by atoms with Crippen LogP contribution in [0.1, 0.15) is 16.1 Å². The summed E-state index contributed by atoms with van der Waals surface area (Å²) in [6, 6.07) is 23.6. The minimum absolute atomic E-state index is 0.129. The Hall–Kier alpha value is -3.40. The molecule has 0 fully saturated rings. The number of para-hydroxylation sites is 1. The minimum atomic E-state index is -0.129. The van der Waals surface area contributed by atoms with Gasteiger partial charge in [-0.1, -0.05) is 48.5 Å². The highest BCUT2D eigenvalue weighted by Crippen LogP contribution is 2.18. The molecule has 25 heavy (non-hydrogen) atoms. The Balaban J connectivity index is 1.46. The monoisotopic (exact) mass is 327 g/mol. The van der Waals surface area contributed by atoms with Crippen molar-refractivity contribution in [3.63, 3.8) is 0 Å². The van der Waals surface area contributed by atoms with Gasteiger partial charge in [0.25, 0.3) is 5.91 Å². The van der Waals surface area contributed by atoms with E-state index in [4.69, 9.17) is 0 Å². The van der Waals surface area contributed by atoms with Crippen molar-refractivity contribution in [2.24, 2.45) is 0 Å². The molecule has 4 rings (SSSR count). The maximum atomic E-state index is 12.4. The molecule has 2 heterocycles. The molecule has 2 aromatic carbocycles. The first-order valence-corrected chi connectivity index (χ1v) is 8.16. The number of H-pyrrole nitrogens is 1. The molecule has 4 aromatic rings. The summed E-state index contributed by atoms with van der Waals surface area (Å²) in [6.07, 6.45) is 1.80. The Morgan fingerprint density at radius 2 is 1.76 bits per heavy atom. The zero-order chi connectivity index (χ0) is 17.1. The van der Waals surface area contributed by atoms with Crippen molar-refractivity contribution in [1.82, 2.24) is 15.3 Å². The van der Waals surface area contributed by atoms with Crippen molar-refractivity contribution < 1.29 is 4.79 Å². The molecular weight excluding hydrogens is 310 g/mol. The SMILES string of the molecule is O=C(NCc1cnc2ccccc2c1)c1ccc(-c2ccccc2)[nH]1. The first kappa shape index (κ1) is 15.1. The van der Waals surface area contributed by atoms with E-state index < -0.39 is 0 Å². The Kier molecular flexibility index (Phi) is 4.01. The summed E-state index contributed by atoms with van der Waals surface area (Å²) in [4.78, 5) is 19.9. The normalized spacial score (nSPS) is 10.7. The summed E-state index contributed by atoms with van der Waals surface area (Å²) < 4.78 is 0. The Morgan fingerprint density at radius 3 is 2.64 bits per heavy atom. The van der Waals surface area contributed by atoms with Gasteiger partial charge in [-0.25, -0.2) is 0 Å². The van der Waals surface area contributed by atoms with Crippen LogP contribution in [0.25, 0.3) is 22.2 Å². The molecule has 0 bridgehead atoms. The van der Waals surface area contributed by atoms with Gasteiger partial charge in [0.15, 0.2) is 0 Å². The number of pyridine rings is 1. The van der Waals surface area contributed by atoms with Gasteiger partial charge < -0.3 is 10.3 Å². The number of carbonyl (C=O) groups excluding carboxylic acids is 1. The van der Waals surface area contributed by atoms with E-state index in [1.165, 1.54) is 0 Å². The molecule has 122 valence electrons. The number of benzene rings is 2. The van der Waals surface area contributed by atoms with Crippen LogP contribution in [0.15, 0.2) is 79.0 Å². The topological polar surface area (TPSA) is 57.8 Å². The summed E-state index contributed by atoms with van der Waals surface area (Å²) in [5.74, 6) is -0.129. The second-order valence-corrected chi connectivity index (χ2v) is 5.87. The number of fused-ring (bicyclic) bond motifs is 1. The molecule has 0 spiro atoms. The molecule has 0 radical (unpaired) electrons. The molecule has 4 heteroatoms. The van der Waals surface area contributed by atoms with E-state index in [0.29, 0.717) is 12.2 Å². The number of nitrogens with one attached hydrogen (secondary N) is 2. The van der Waals surface area contributed by atoms with Gasteiger partial charge in [-0.2, -0.15) is 0 Å². The van der Waals surface area contributed by atoms with E-state index in [-0.39, 0.29) is 5.91 Å². The van der Waals surface area contributed by atoms with Crippen molar-refractivity contribution in [3.05, 3.63) is 90.3 Å². The lowest BCUT2D eigenvalue weighted by atomic mass is 10.1. The summed E-state index contributed by atoms with van der Waals surface area (Å²) in [5.41, 5.74) is 4.46. The molecule has 2 N–H and O–H groups in total.